The summed E-state index contributed by atoms with van der Waals surface area (Å²) in [5.74, 6) is 0. The second kappa shape index (κ2) is 6.66. The van der Waals surface area contributed by atoms with Crippen LogP contribution < -0.4 is 0 Å². The lowest BCUT2D eigenvalue weighted by atomic mass is 10.3. The molecule has 2 heterocycles. The summed E-state index contributed by atoms with van der Waals surface area (Å²) >= 11 is 0. The summed E-state index contributed by atoms with van der Waals surface area (Å²) in [5.41, 5.74) is 0. The van der Waals surface area contributed by atoms with Gasteiger partial charge >= 0.3 is 0 Å². The fourth-order valence-electron chi connectivity index (χ4n) is 2.39. The van der Waals surface area contributed by atoms with E-state index in [1.807, 2.05) is 4.90 Å². The van der Waals surface area contributed by atoms with Crippen LogP contribution >= 0.6 is 0 Å². The Hall–Kier alpha value is -0.200. The van der Waals surface area contributed by atoms with Crippen LogP contribution in [0.3, 0.4) is 0 Å². The minimum Gasteiger partial charge on any atom is -0.379 e. The van der Waals surface area contributed by atoms with Gasteiger partial charge in [-0.2, -0.15) is 0 Å². The molecule has 2 aliphatic heterocycles. The molecule has 0 saturated carbocycles. The highest BCUT2D eigenvalue weighted by atomic mass is 16.5. The maximum Gasteiger partial charge on any atom is 0.107 e. The molecule has 2 rings (SSSR count). The summed E-state index contributed by atoms with van der Waals surface area (Å²) in [4.78, 5) is 6.95. The van der Waals surface area contributed by atoms with Crippen molar-refractivity contribution in [1.29, 1.82) is 0 Å². The van der Waals surface area contributed by atoms with Crippen LogP contribution in [-0.2, 0) is 4.74 Å². The average molecular weight is 242 g/mol. The van der Waals surface area contributed by atoms with Crippen molar-refractivity contribution in [3.63, 3.8) is 0 Å². The van der Waals surface area contributed by atoms with Crippen LogP contribution in [0.5, 0.6) is 0 Å². The van der Waals surface area contributed by atoms with Crippen LogP contribution in [0.25, 0.3) is 0 Å². The standard InChI is InChI=1S/C12H24N3O2/c1-12(16)15-6-4-13(5-7-15)2-3-14-8-10-17-11-9-14/h12,16H,1-11H2. The number of hydrogen-bond acceptors (Lipinski definition) is 5. The highest BCUT2D eigenvalue weighted by Gasteiger charge is 2.20. The zero-order valence-corrected chi connectivity index (χ0v) is 10.6. The van der Waals surface area contributed by atoms with Gasteiger partial charge in [0.2, 0.25) is 0 Å². The molecule has 5 nitrogen and oxygen atoms in total. The molecular weight excluding hydrogens is 218 g/mol. The third-order valence-corrected chi connectivity index (χ3v) is 3.66. The Bertz CT molecular complexity index is 212. The molecule has 1 radical (unpaired) electrons. The van der Waals surface area contributed by atoms with Crippen molar-refractivity contribution in [3.05, 3.63) is 6.92 Å². The van der Waals surface area contributed by atoms with Gasteiger partial charge in [0.25, 0.3) is 0 Å². The molecule has 99 valence electrons. The molecule has 2 aliphatic rings. The van der Waals surface area contributed by atoms with Crippen molar-refractivity contribution >= 4 is 0 Å². The van der Waals surface area contributed by atoms with E-state index in [0.29, 0.717) is 0 Å². The first kappa shape index (κ1) is 13.2. The topological polar surface area (TPSA) is 39.2 Å². The number of morpholine rings is 1. The molecule has 2 fully saturated rings. The molecule has 1 N–H and O–H groups in total. The van der Waals surface area contributed by atoms with Crippen molar-refractivity contribution in [3.8, 4) is 0 Å². The first-order valence-corrected chi connectivity index (χ1v) is 6.53. The van der Waals surface area contributed by atoms with Crippen molar-refractivity contribution in [1.82, 2.24) is 14.7 Å². The van der Waals surface area contributed by atoms with E-state index in [1.165, 1.54) is 0 Å². The fraction of sp³-hybridized carbons (Fsp3) is 0.917. The number of rotatable bonds is 4. The Labute approximate surface area is 104 Å². The zero-order valence-electron chi connectivity index (χ0n) is 10.6. The lowest BCUT2D eigenvalue weighted by molar-refractivity contribution is -0.00298. The highest BCUT2D eigenvalue weighted by Crippen LogP contribution is 2.05. The molecule has 5 heteroatoms. The molecule has 0 bridgehead atoms. The molecule has 0 aromatic heterocycles. The minimum atomic E-state index is -0.545. The lowest BCUT2D eigenvalue weighted by Gasteiger charge is -2.37. The van der Waals surface area contributed by atoms with E-state index in [0.717, 1.165) is 65.6 Å². The summed E-state index contributed by atoms with van der Waals surface area (Å²) in [6.07, 6.45) is -0.545. The predicted molar refractivity (Wildman–Crippen MR) is 66.6 cm³/mol. The van der Waals surface area contributed by atoms with Crippen LogP contribution in [0.15, 0.2) is 0 Å². The molecule has 0 aromatic rings. The van der Waals surface area contributed by atoms with Crippen molar-refractivity contribution in [2.24, 2.45) is 0 Å². The third kappa shape index (κ3) is 4.19. The molecule has 0 spiro atoms. The largest absolute Gasteiger partial charge is 0.379 e. The number of aliphatic hydroxyl groups excluding tert-OH is 1. The highest BCUT2D eigenvalue weighted by molar-refractivity contribution is 4.75. The maximum absolute atomic E-state index is 9.37. The number of hydrogen-bond donors (Lipinski definition) is 1. The van der Waals surface area contributed by atoms with Crippen LogP contribution in [0, 0.1) is 6.92 Å². The van der Waals surface area contributed by atoms with Gasteiger partial charge in [0.15, 0.2) is 0 Å². The second-order valence-electron chi connectivity index (χ2n) is 4.81. The van der Waals surface area contributed by atoms with Gasteiger partial charge in [-0.15, -0.1) is 0 Å². The van der Waals surface area contributed by atoms with E-state index in [9.17, 15) is 5.11 Å². The summed E-state index contributed by atoms with van der Waals surface area (Å²) in [7, 11) is 0. The fourth-order valence-corrected chi connectivity index (χ4v) is 2.39. The molecule has 0 aromatic carbocycles. The zero-order chi connectivity index (χ0) is 12.1. The summed E-state index contributed by atoms with van der Waals surface area (Å²) < 4.78 is 5.34. The number of ether oxygens (including phenoxy) is 1. The number of piperazine rings is 1. The summed E-state index contributed by atoms with van der Waals surface area (Å²) in [6, 6.07) is 0. The SMILES string of the molecule is [CH2]C(O)N1CCN(CCN2CCOCC2)CC1. The Morgan fingerprint density at radius 3 is 2.00 bits per heavy atom. The Morgan fingerprint density at radius 2 is 1.47 bits per heavy atom. The van der Waals surface area contributed by atoms with E-state index in [2.05, 4.69) is 16.7 Å². The maximum atomic E-state index is 9.37. The quantitative estimate of drug-likeness (QED) is 0.691. The van der Waals surface area contributed by atoms with Crippen LogP contribution in [0.1, 0.15) is 0 Å². The van der Waals surface area contributed by atoms with E-state index in [-0.39, 0.29) is 0 Å². The Morgan fingerprint density at radius 1 is 0.941 bits per heavy atom. The van der Waals surface area contributed by atoms with Gasteiger partial charge in [0.1, 0.15) is 6.23 Å². The summed E-state index contributed by atoms with van der Waals surface area (Å²) in [6.45, 7) is 13.7. The molecule has 0 aliphatic carbocycles. The van der Waals surface area contributed by atoms with Crippen LogP contribution in [0.4, 0.5) is 0 Å². The number of aliphatic hydroxyl groups is 1. The third-order valence-electron chi connectivity index (χ3n) is 3.66. The van der Waals surface area contributed by atoms with E-state index in [4.69, 9.17) is 4.74 Å². The Kier molecular flexibility index (Phi) is 5.18. The number of nitrogens with zero attached hydrogens (tertiary/aromatic N) is 3. The van der Waals surface area contributed by atoms with Crippen LogP contribution in [0.2, 0.25) is 0 Å². The molecule has 1 atom stereocenters. The molecule has 17 heavy (non-hydrogen) atoms. The second-order valence-corrected chi connectivity index (χ2v) is 4.81. The Balaban J connectivity index is 1.61. The van der Waals surface area contributed by atoms with Crippen molar-refractivity contribution in [2.75, 3.05) is 65.6 Å². The summed E-state index contributed by atoms with van der Waals surface area (Å²) in [5, 5.41) is 9.37. The average Bonchev–Trinajstić information content (AvgIpc) is 2.38. The van der Waals surface area contributed by atoms with Gasteiger partial charge in [-0.3, -0.25) is 14.7 Å². The predicted octanol–water partition coefficient (Wildman–Crippen LogP) is -0.911. The van der Waals surface area contributed by atoms with Crippen LogP contribution in [-0.4, -0.2) is 91.6 Å². The van der Waals surface area contributed by atoms with E-state index >= 15 is 0 Å². The van der Waals surface area contributed by atoms with Gasteiger partial charge in [0, 0.05) is 52.4 Å². The molecule has 0 amide bonds. The van der Waals surface area contributed by atoms with Gasteiger partial charge in [-0.05, 0) is 6.92 Å². The monoisotopic (exact) mass is 242 g/mol. The first-order valence-electron chi connectivity index (χ1n) is 6.53. The van der Waals surface area contributed by atoms with Crippen molar-refractivity contribution in [2.45, 2.75) is 6.23 Å². The van der Waals surface area contributed by atoms with Gasteiger partial charge in [-0.1, -0.05) is 0 Å². The van der Waals surface area contributed by atoms with Gasteiger partial charge < -0.3 is 9.84 Å². The lowest BCUT2D eigenvalue weighted by Crippen LogP contribution is -2.51. The molecule has 2 saturated heterocycles. The van der Waals surface area contributed by atoms with E-state index < -0.39 is 6.23 Å². The van der Waals surface area contributed by atoms with Gasteiger partial charge in [-0.25, -0.2) is 0 Å². The first-order chi connectivity index (χ1) is 8.25. The molecule has 1 unspecified atom stereocenters. The van der Waals surface area contributed by atoms with Crippen molar-refractivity contribution < 1.29 is 9.84 Å². The molecular formula is C12H24N3O2. The van der Waals surface area contributed by atoms with E-state index in [1.54, 1.807) is 0 Å². The normalized spacial score (nSPS) is 27.2. The smallest absolute Gasteiger partial charge is 0.107 e. The van der Waals surface area contributed by atoms with Gasteiger partial charge in [0.05, 0.1) is 13.2 Å². The minimum absolute atomic E-state index is 0.545.